The molecule has 0 unspecified atom stereocenters. The number of carbonyl (C=O) groups is 1. The second-order valence-electron chi connectivity index (χ2n) is 8.18. The van der Waals surface area contributed by atoms with E-state index in [1.54, 1.807) is 24.3 Å². The molecular weight excluding hydrogens is 458 g/mol. The SMILES string of the molecule is Cc1ccc2c(C)c(C(=O)Nc3nc(-c4ccc(S(=O)(=O)N5CCCC5)cc4)cs3)oc2c1. The molecule has 5 rings (SSSR count). The number of carbonyl (C=O) groups excluding carboxylic acids is 1. The first-order valence-corrected chi connectivity index (χ1v) is 13.0. The fraction of sp³-hybridized carbons (Fsp3) is 0.250. The van der Waals surface area contributed by atoms with Gasteiger partial charge in [-0.2, -0.15) is 4.31 Å². The molecule has 1 aliphatic rings. The summed E-state index contributed by atoms with van der Waals surface area (Å²) in [6.45, 7) is 4.98. The Morgan fingerprint density at radius 1 is 1.09 bits per heavy atom. The minimum Gasteiger partial charge on any atom is -0.451 e. The maximum atomic E-state index is 12.8. The molecule has 4 aromatic rings. The largest absolute Gasteiger partial charge is 0.451 e. The Labute approximate surface area is 196 Å². The van der Waals surface area contributed by atoms with Gasteiger partial charge in [-0.05, 0) is 50.5 Å². The fourth-order valence-corrected chi connectivity index (χ4v) is 6.27. The lowest BCUT2D eigenvalue weighted by atomic mass is 10.1. The third-order valence-corrected chi connectivity index (χ3v) is 8.55. The van der Waals surface area contributed by atoms with Crippen LogP contribution in [0, 0.1) is 13.8 Å². The van der Waals surface area contributed by atoms with Gasteiger partial charge in [0, 0.05) is 35.0 Å². The first kappa shape index (κ1) is 21.8. The predicted octanol–water partition coefficient (Wildman–Crippen LogP) is 5.21. The van der Waals surface area contributed by atoms with Crippen LogP contribution in [-0.2, 0) is 10.0 Å². The molecule has 3 heterocycles. The highest BCUT2D eigenvalue weighted by molar-refractivity contribution is 7.89. The number of anilines is 1. The Kier molecular flexibility index (Phi) is 5.55. The van der Waals surface area contributed by atoms with Gasteiger partial charge in [0.05, 0.1) is 10.6 Å². The number of hydrogen-bond donors (Lipinski definition) is 1. The Hall–Kier alpha value is -3.01. The Balaban J connectivity index is 1.33. The number of aromatic nitrogens is 1. The van der Waals surface area contributed by atoms with E-state index >= 15 is 0 Å². The van der Waals surface area contributed by atoms with Crippen LogP contribution in [-0.4, -0.2) is 36.7 Å². The lowest BCUT2D eigenvalue weighted by Gasteiger charge is -2.15. The number of furan rings is 1. The average Bonchev–Trinajstić information content (AvgIpc) is 3.55. The Morgan fingerprint density at radius 2 is 1.82 bits per heavy atom. The van der Waals surface area contributed by atoms with Gasteiger partial charge in [0.25, 0.3) is 5.91 Å². The minimum absolute atomic E-state index is 0.267. The van der Waals surface area contributed by atoms with Crippen LogP contribution in [0.15, 0.2) is 57.2 Å². The molecule has 2 aromatic carbocycles. The van der Waals surface area contributed by atoms with Crippen molar-refractivity contribution in [1.29, 1.82) is 0 Å². The second kappa shape index (κ2) is 8.40. The number of benzene rings is 2. The van der Waals surface area contributed by atoms with E-state index in [9.17, 15) is 13.2 Å². The molecule has 2 aromatic heterocycles. The molecule has 1 fully saturated rings. The maximum Gasteiger partial charge on any atom is 0.293 e. The zero-order valence-electron chi connectivity index (χ0n) is 18.3. The number of amides is 1. The number of hydrogen-bond acceptors (Lipinski definition) is 6. The molecule has 0 radical (unpaired) electrons. The van der Waals surface area contributed by atoms with Crippen molar-refractivity contribution in [2.75, 3.05) is 18.4 Å². The molecule has 0 aliphatic carbocycles. The van der Waals surface area contributed by atoms with Crippen molar-refractivity contribution in [3.05, 3.63) is 64.7 Å². The van der Waals surface area contributed by atoms with Crippen LogP contribution in [0.25, 0.3) is 22.2 Å². The van der Waals surface area contributed by atoms with Crippen molar-refractivity contribution in [2.45, 2.75) is 31.6 Å². The van der Waals surface area contributed by atoms with Gasteiger partial charge in [0.2, 0.25) is 10.0 Å². The van der Waals surface area contributed by atoms with Crippen molar-refractivity contribution in [3.63, 3.8) is 0 Å². The van der Waals surface area contributed by atoms with Crippen molar-refractivity contribution in [2.24, 2.45) is 0 Å². The Bertz CT molecular complexity index is 1450. The first-order valence-electron chi connectivity index (χ1n) is 10.7. The van der Waals surface area contributed by atoms with Gasteiger partial charge < -0.3 is 4.42 Å². The van der Waals surface area contributed by atoms with Gasteiger partial charge in [-0.15, -0.1) is 11.3 Å². The number of fused-ring (bicyclic) bond motifs is 1. The molecule has 7 nitrogen and oxygen atoms in total. The molecule has 1 saturated heterocycles. The summed E-state index contributed by atoms with van der Waals surface area (Å²) in [5.41, 5.74) is 3.97. The van der Waals surface area contributed by atoms with Gasteiger partial charge in [-0.3, -0.25) is 10.1 Å². The molecular formula is C24H23N3O4S2. The summed E-state index contributed by atoms with van der Waals surface area (Å²) in [5.74, 6) is -0.0851. The van der Waals surface area contributed by atoms with Crippen LogP contribution in [0.1, 0.15) is 34.5 Å². The fourth-order valence-electron chi connectivity index (χ4n) is 4.04. The third kappa shape index (κ3) is 4.07. The molecule has 9 heteroatoms. The topological polar surface area (TPSA) is 92.5 Å². The van der Waals surface area contributed by atoms with Crippen molar-refractivity contribution < 1.29 is 17.6 Å². The third-order valence-electron chi connectivity index (χ3n) is 5.88. The summed E-state index contributed by atoms with van der Waals surface area (Å²) in [4.78, 5) is 17.6. The number of nitrogens with one attached hydrogen (secondary N) is 1. The van der Waals surface area contributed by atoms with Gasteiger partial charge in [0.1, 0.15) is 5.58 Å². The second-order valence-corrected chi connectivity index (χ2v) is 11.0. The molecule has 170 valence electrons. The number of rotatable bonds is 5. The zero-order chi connectivity index (χ0) is 23.2. The van der Waals surface area contributed by atoms with Crippen LogP contribution >= 0.6 is 11.3 Å². The van der Waals surface area contributed by atoms with Crippen LogP contribution < -0.4 is 5.32 Å². The van der Waals surface area contributed by atoms with E-state index in [-0.39, 0.29) is 16.6 Å². The summed E-state index contributed by atoms with van der Waals surface area (Å²) in [7, 11) is -3.45. The van der Waals surface area contributed by atoms with Gasteiger partial charge in [0.15, 0.2) is 10.9 Å². The lowest BCUT2D eigenvalue weighted by molar-refractivity contribution is 0.0998. The monoisotopic (exact) mass is 481 g/mol. The van der Waals surface area contributed by atoms with E-state index < -0.39 is 10.0 Å². The summed E-state index contributed by atoms with van der Waals surface area (Å²) in [6.07, 6.45) is 1.80. The van der Waals surface area contributed by atoms with Crippen LogP contribution in [0.5, 0.6) is 0 Å². The van der Waals surface area contributed by atoms with Crippen LogP contribution in [0.3, 0.4) is 0 Å². The van der Waals surface area contributed by atoms with E-state index in [1.807, 2.05) is 37.4 Å². The van der Waals surface area contributed by atoms with Crippen molar-refractivity contribution in [3.8, 4) is 11.3 Å². The van der Waals surface area contributed by atoms with Crippen molar-refractivity contribution in [1.82, 2.24) is 9.29 Å². The normalized spacial score (nSPS) is 14.7. The number of nitrogens with zero attached hydrogens (tertiary/aromatic N) is 2. The first-order chi connectivity index (χ1) is 15.8. The molecule has 0 bridgehead atoms. The highest BCUT2D eigenvalue weighted by atomic mass is 32.2. The van der Waals surface area contributed by atoms with Gasteiger partial charge in [-0.25, -0.2) is 13.4 Å². The molecule has 1 N–H and O–H groups in total. The van der Waals surface area contributed by atoms with E-state index in [1.165, 1.54) is 15.6 Å². The van der Waals surface area contributed by atoms with E-state index in [2.05, 4.69) is 10.3 Å². The number of aryl methyl sites for hydroxylation is 2. The smallest absolute Gasteiger partial charge is 0.293 e. The van der Waals surface area contributed by atoms with Crippen LogP contribution in [0.4, 0.5) is 5.13 Å². The number of thiazole rings is 1. The molecule has 0 saturated carbocycles. The molecule has 1 amide bonds. The quantitative estimate of drug-likeness (QED) is 0.422. The predicted molar refractivity (Wildman–Crippen MR) is 129 cm³/mol. The van der Waals surface area contributed by atoms with E-state index in [0.29, 0.717) is 29.5 Å². The summed E-state index contributed by atoms with van der Waals surface area (Å²) in [6, 6.07) is 12.6. The summed E-state index contributed by atoms with van der Waals surface area (Å²) < 4.78 is 32.7. The maximum absolute atomic E-state index is 12.8. The highest BCUT2D eigenvalue weighted by Crippen LogP contribution is 2.30. The molecule has 0 atom stereocenters. The molecule has 33 heavy (non-hydrogen) atoms. The van der Waals surface area contributed by atoms with Crippen LogP contribution in [0.2, 0.25) is 0 Å². The number of sulfonamides is 1. The van der Waals surface area contributed by atoms with Crippen molar-refractivity contribution >= 4 is 43.4 Å². The highest BCUT2D eigenvalue weighted by Gasteiger charge is 2.27. The van der Waals surface area contributed by atoms with Gasteiger partial charge in [-0.1, -0.05) is 24.3 Å². The van der Waals surface area contributed by atoms with Gasteiger partial charge >= 0.3 is 0 Å². The summed E-state index contributed by atoms with van der Waals surface area (Å²) in [5, 5.41) is 5.99. The van der Waals surface area contributed by atoms with E-state index in [0.717, 1.165) is 34.9 Å². The molecule has 0 spiro atoms. The standard InChI is InChI=1S/C24H23N3O4S2/c1-15-5-10-19-16(2)22(31-21(19)13-15)23(28)26-24-25-20(14-32-24)17-6-8-18(9-7-17)33(29,30)27-11-3-4-12-27/h5-10,13-14H,3-4,11-12H2,1-2H3,(H,25,26,28). The zero-order valence-corrected chi connectivity index (χ0v) is 19.9. The molecule has 1 aliphatic heterocycles. The average molecular weight is 482 g/mol. The Morgan fingerprint density at radius 3 is 2.55 bits per heavy atom. The minimum atomic E-state index is -3.45. The summed E-state index contributed by atoms with van der Waals surface area (Å²) >= 11 is 1.30. The lowest BCUT2D eigenvalue weighted by Crippen LogP contribution is -2.27. The van der Waals surface area contributed by atoms with E-state index in [4.69, 9.17) is 4.42 Å².